The van der Waals surface area contributed by atoms with E-state index in [1.807, 2.05) is 13.8 Å². The molecule has 0 saturated carbocycles. The van der Waals surface area contributed by atoms with Gasteiger partial charge in [-0.3, -0.25) is 0 Å². The molecule has 0 aliphatic rings. The molecule has 2 heterocycles. The summed E-state index contributed by atoms with van der Waals surface area (Å²) in [6.07, 6.45) is 2.93. The van der Waals surface area contributed by atoms with Crippen molar-refractivity contribution in [3.05, 3.63) is 44.8 Å². The van der Waals surface area contributed by atoms with Crippen molar-refractivity contribution in [1.29, 1.82) is 0 Å². The van der Waals surface area contributed by atoms with Crippen LogP contribution in [0, 0.1) is 20.2 Å². The molecule has 0 radical (unpaired) electrons. The Balaban J connectivity index is 0.000000200. The molecular formula is C9H12N6O4. The second-order valence-corrected chi connectivity index (χ2v) is 3.70. The molecule has 0 spiro atoms. The summed E-state index contributed by atoms with van der Waals surface area (Å²) in [5, 5.41) is 29.3. The lowest BCUT2D eigenvalue weighted by atomic mass is 10.4. The van der Waals surface area contributed by atoms with E-state index in [-0.39, 0.29) is 17.7 Å². The highest BCUT2D eigenvalue weighted by molar-refractivity contribution is 5.14. The summed E-state index contributed by atoms with van der Waals surface area (Å²) in [7, 11) is 0. The van der Waals surface area contributed by atoms with Crippen LogP contribution in [-0.4, -0.2) is 29.8 Å². The van der Waals surface area contributed by atoms with Gasteiger partial charge in [-0.25, -0.2) is 0 Å². The highest BCUT2D eigenvalue weighted by Gasteiger charge is 2.11. The van der Waals surface area contributed by atoms with E-state index < -0.39 is 9.85 Å². The molecule has 10 heteroatoms. The largest absolute Gasteiger partial charge is 0.389 e. The van der Waals surface area contributed by atoms with Crippen LogP contribution in [0.4, 0.5) is 11.6 Å². The predicted molar refractivity (Wildman–Crippen MR) is 64.5 cm³/mol. The van der Waals surface area contributed by atoms with Crippen LogP contribution in [0.2, 0.25) is 0 Å². The van der Waals surface area contributed by atoms with Crippen LogP contribution in [0.1, 0.15) is 19.9 Å². The van der Waals surface area contributed by atoms with Gasteiger partial charge in [-0.05, 0) is 23.7 Å². The Hall–Kier alpha value is -2.78. The molecule has 0 unspecified atom stereocenters. The van der Waals surface area contributed by atoms with Crippen molar-refractivity contribution in [1.82, 2.24) is 20.0 Å². The average molecular weight is 268 g/mol. The molecule has 0 bridgehead atoms. The highest BCUT2D eigenvalue weighted by Crippen LogP contribution is 2.09. The molecule has 1 N–H and O–H groups in total. The van der Waals surface area contributed by atoms with Gasteiger partial charge in [0.2, 0.25) is 0 Å². The number of rotatable bonds is 3. The molecular weight excluding hydrogens is 256 g/mol. The molecule has 0 fully saturated rings. The molecule has 0 amide bonds. The first kappa shape index (κ1) is 14.3. The number of nitro groups is 2. The van der Waals surface area contributed by atoms with E-state index in [1.54, 1.807) is 10.9 Å². The van der Waals surface area contributed by atoms with Gasteiger partial charge in [0, 0.05) is 0 Å². The summed E-state index contributed by atoms with van der Waals surface area (Å²) in [6.45, 7) is 3.83. The number of aromatic nitrogens is 4. The van der Waals surface area contributed by atoms with E-state index in [0.717, 1.165) is 0 Å². The fourth-order valence-electron chi connectivity index (χ4n) is 1.06. The Morgan fingerprint density at radius 1 is 1.26 bits per heavy atom. The van der Waals surface area contributed by atoms with E-state index in [9.17, 15) is 20.2 Å². The zero-order valence-corrected chi connectivity index (χ0v) is 10.3. The number of hydrogen-bond donors (Lipinski definition) is 1. The van der Waals surface area contributed by atoms with Gasteiger partial charge in [-0.15, -0.1) is 5.10 Å². The predicted octanol–water partition coefficient (Wildman–Crippen LogP) is 1.69. The SMILES string of the molecule is CC(C)n1ccc([N+](=O)[O-])n1.O=[N+]([O-])c1ccn[nH]1. The van der Waals surface area contributed by atoms with Crippen LogP contribution in [0.25, 0.3) is 0 Å². The second kappa shape index (κ2) is 6.23. The van der Waals surface area contributed by atoms with Gasteiger partial charge in [-0.1, -0.05) is 5.10 Å². The first-order valence-electron chi connectivity index (χ1n) is 5.25. The summed E-state index contributed by atoms with van der Waals surface area (Å²) in [6, 6.07) is 2.85. The van der Waals surface area contributed by atoms with Crippen LogP contribution in [0.3, 0.4) is 0 Å². The summed E-state index contributed by atoms with van der Waals surface area (Å²) in [4.78, 5) is 18.9. The minimum Gasteiger partial charge on any atom is -0.358 e. The third kappa shape index (κ3) is 4.18. The van der Waals surface area contributed by atoms with Gasteiger partial charge in [-0.2, -0.15) is 4.68 Å². The molecule has 10 nitrogen and oxygen atoms in total. The Morgan fingerprint density at radius 2 is 1.95 bits per heavy atom. The summed E-state index contributed by atoms with van der Waals surface area (Å²) in [5.41, 5.74) is 0. The fraction of sp³-hybridized carbons (Fsp3) is 0.333. The molecule has 0 saturated heterocycles. The molecule has 0 aromatic carbocycles. The Labute approximate surface area is 107 Å². The number of hydrogen-bond acceptors (Lipinski definition) is 6. The first-order chi connectivity index (χ1) is 8.91. The Bertz CT molecular complexity index is 547. The second-order valence-electron chi connectivity index (χ2n) is 3.70. The van der Waals surface area contributed by atoms with Crippen molar-refractivity contribution in [3.63, 3.8) is 0 Å². The van der Waals surface area contributed by atoms with Crippen molar-refractivity contribution >= 4 is 11.6 Å². The highest BCUT2D eigenvalue weighted by atomic mass is 16.6. The van der Waals surface area contributed by atoms with Crippen molar-refractivity contribution in [2.45, 2.75) is 19.9 Å². The topological polar surface area (TPSA) is 133 Å². The van der Waals surface area contributed by atoms with E-state index >= 15 is 0 Å². The van der Waals surface area contributed by atoms with E-state index in [4.69, 9.17) is 0 Å². The first-order valence-corrected chi connectivity index (χ1v) is 5.25. The van der Waals surface area contributed by atoms with Crippen LogP contribution >= 0.6 is 0 Å². The van der Waals surface area contributed by atoms with Crippen LogP contribution in [0.15, 0.2) is 24.5 Å². The number of nitrogens with zero attached hydrogens (tertiary/aromatic N) is 5. The molecule has 2 aromatic rings. The molecule has 0 aliphatic carbocycles. The van der Waals surface area contributed by atoms with Gasteiger partial charge in [0.25, 0.3) is 0 Å². The third-order valence-electron chi connectivity index (χ3n) is 1.99. The van der Waals surface area contributed by atoms with Crippen molar-refractivity contribution in [2.24, 2.45) is 0 Å². The lowest BCUT2D eigenvalue weighted by Gasteiger charge is -1.96. The molecule has 2 aromatic heterocycles. The summed E-state index contributed by atoms with van der Waals surface area (Å²) < 4.78 is 1.55. The number of H-pyrrole nitrogens is 1. The third-order valence-corrected chi connectivity index (χ3v) is 1.99. The summed E-state index contributed by atoms with van der Waals surface area (Å²) in [5.74, 6) is -0.177. The maximum atomic E-state index is 10.2. The number of nitrogens with one attached hydrogen (secondary N) is 1. The molecule has 2 rings (SSSR count). The van der Waals surface area contributed by atoms with E-state index in [1.165, 1.54) is 18.3 Å². The minimum absolute atomic E-state index is 0.0787. The van der Waals surface area contributed by atoms with E-state index in [0.29, 0.717) is 0 Å². The summed E-state index contributed by atoms with van der Waals surface area (Å²) >= 11 is 0. The van der Waals surface area contributed by atoms with Gasteiger partial charge >= 0.3 is 11.6 Å². The molecule has 0 atom stereocenters. The van der Waals surface area contributed by atoms with Crippen molar-refractivity contribution in [3.8, 4) is 0 Å². The quantitative estimate of drug-likeness (QED) is 0.665. The van der Waals surface area contributed by atoms with Crippen LogP contribution in [0.5, 0.6) is 0 Å². The molecule has 0 aliphatic heterocycles. The minimum atomic E-state index is -0.535. The van der Waals surface area contributed by atoms with E-state index in [2.05, 4.69) is 15.3 Å². The van der Waals surface area contributed by atoms with Gasteiger partial charge in [0.15, 0.2) is 0 Å². The number of aromatic amines is 1. The normalized spacial score (nSPS) is 9.84. The van der Waals surface area contributed by atoms with Gasteiger partial charge in [0.1, 0.15) is 0 Å². The molecule has 102 valence electrons. The lowest BCUT2D eigenvalue weighted by Crippen LogP contribution is -2.01. The Kier molecular flexibility index (Phi) is 4.69. The van der Waals surface area contributed by atoms with Gasteiger partial charge < -0.3 is 20.2 Å². The van der Waals surface area contributed by atoms with Crippen molar-refractivity contribution < 1.29 is 9.85 Å². The van der Waals surface area contributed by atoms with Crippen molar-refractivity contribution in [2.75, 3.05) is 0 Å². The maximum Gasteiger partial charge on any atom is 0.389 e. The molecule has 19 heavy (non-hydrogen) atoms. The lowest BCUT2D eigenvalue weighted by molar-refractivity contribution is -0.389. The smallest absolute Gasteiger partial charge is 0.358 e. The van der Waals surface area contributed by atoms with Crippen LogP contribution < -0.4 is 0 Å². The monoisotopic (exact) mass is 268 g/mol. The Morgan fingerprint density at radius 3 is 2.21 bits per heavy atom. The average Bonchev–Trinajstić information content (AvgIpc) is 3.02. The zero-order valence-electron chi connectivity index (χ0n) is 10.3. The van der Waals surface area contributed by atoms with Gasteiger partial charge in [0.05, 0.1) is 35.7 Å². The van der Waals surface area contributed by atoms with Crippen LogP contribution in [-0.2, 0) is 0 Å². The zero-order chi connectivity index (χ0) is 14.4. The fourth-order valence-corrected chi connectivity index (χ4v) is 1.06. The maximum absolute atomic E-state index is 10.2. The standard InChI is InChI=1S/C6H9N3O2.C3H3N3O2/c1-5(2)8-4-3-6(7-8)9(10)11;7-6(8)3-1-2-4-5-3/h3-5H,1-2H3;1-2H,(H,4,5).